The lowest BCUT2D eigenvalue weighted by Gasteiger charge is -2.30. The molecule has 0 unspecified atom stereocenters. The Kier molecular flexibility index (Phi) is 5.13. The molecular formula is C22H22N6O2S. The van der Waals surface area contributed by atoms with Crippen LogP contribution < -0.4 is 20.4 Å². The van der Waals surface area contributed by atoms with Gasteiger partial charge in [0.05, 0.1) is 24.1 Å². The molecule has 4 heterocycles. The van der Waals surface area contributed by atoms with E-state index in [0.717, 1.165) is 43.0 Å². The number of aryl methyl sites for hydroxylation is 1. The van der Waals surface area contributed by atoms with E-state index in [2.05, 4.69) is 25.5 Å². The fraction of sp³-hybridized carbons (Fsp3) is 0.273. The molecule has 2 aromatic heterocycles. The molecule has 158 valence electrons. The van der Waals surface area contributed by atoms with Gasteiger partial charge in [0.2, 0.25) is 0 Å². The van der Waals surface area contributed by atoms with E-state index in [9.17, 15) is 9.59 Å². The fourth-order valence-electron chi connectivity index (χ4n) is 3.91. The van der Waals surface area contributed by atoms with E-state index in [1.807, 2.05) is 31.2 Å². The Hall–Kier alpha value is -3.30. The lowest BCUT2D eigenvalue weighted by Crippen LogP contribution is -2.43. The van der Waals surface area contributed by atoms with Crippen molar-refractivity contribution < 1.29 is 9.59 Å². The minimum absolute atomic E-state index is 0.0757. The first-order chi connectivity index (χ1) is 15.1. The molecule has 2 N–H and O–H groups in total. The SMILES string of the molecule is Cc1ccc2c(c1)C(=O)N(c1nc(C(=O)Nc3cnccc3N3CCNCC3)cs1)C2. The number of anilines is 3. The number of thiazole rings is 1. The number of carbonyl (C=O) groups excluding carboxylic acids is 2. The van der Waals surface area contributed by atoms with Crippen LogP contribution in [0.2, 0.25) is 0 Å². The van der Waals surface area contributed by atoms with Gasteiger partial charge in [-0.1, -0.05) is 17.7 Å². The smallest absolute Gasteiger partial charge is 0.275 e. The third kappa shape index (κ3) is 3.77. The van der Waals surface area contributed by atoms with Gasteiger partial charge in [-0.15, -0.1) is 11.3 Å². The van der Waals surface area contributed by atoms with Crippen LogP contribution in [0.15, 0.2) is 42.0 Å². The number of hydrogen-bond donors (Lipinski definition) is 2. The maximum Gasteiger partial charge on any atom is 0.275 e. The highest BCUT2D eigenvalue weighted by Crippen LogP contribution is 2.32. The maximum absolute atomic E-state index is 12.9. The van der Waals surface area contributed by atoms with E-state index in [0.29, 0.717) is 22.9 Å². The van der Waals surface area contributed by atoms with E-state index in [-0.39, 0.29) is 17.5 Å². The van der Waals surface area contributed by atoms with Crippen molar-refractivity contribution in [3.05, 3.63) is 64.4 Å². The van der Waals surface area contributed by atoms with Crippen molar-refractivity contribution in [1.29, 1.82) is 0 Å². The summed E-state index contributed by atoms with van der Waals surface area (Å²) in [7, 11) is 0. The van der Waals surface area contributed by atoms with Crippen molar-refractivity contribution >= 4 is 39.7 Å². The van der Waals surface area contributed by atoms with Crippen LogP contribution in [0.3, 0.4) is 0 Å². The predicted octanol–water partition coefficient (Wildman–Crippen LogP) is 2.67. The Morgan fingerprint density at radius 3 is 2.90 bits per heavy atom. The predicted molar refractivity (Wildman–Crippen MR) is 121 cm³/mol. The normalized spacial score (nSPS) is 15.8. The summed E-state index contributed by atoms with van der Waals surface area (Å²) < 4.78 is 0. The summed E-state index contributed by atoms with van der Waals surface area (Å²) in [5.41, 5.74) is 4.62. The topological polar surface area (TPSA) is 90.5 Å². The number of pyridine rings is 1. The van der Waals surface area contributed by atoms with Crippen molar-refractivity contribution in [2.75, 3.05) is 41.3 Å². The molecule has 5 rings (SSSR count). The highest BCUT2D eigenvalue weighted by atomic mass is 32.1. The van der Waals surface area contributed by atoms with E-state index < -0.39 is 0 Å². The molecule has 2 amide bonds. The molecular weight excluding hydrogens is 412 g/mol. The second kappa shape index (κ2) is 8.09. The number of hydrogen-bond acceptors (Lipinski definition) is 7. The van der Waals surface area contributed by atoms with Crippen molar-refractivity contribution in [3.63, 3.8) is 0 Å². The maximum atomic E-state index is 12.9. The molecule has 9 heteroatoms. The first kappa shape index (κ1) is 19.7. The Labute approximate surface area is 183 Å². The number of nitrogens with one attached hydrogen (secondary N) is 2. The van der Waals surface area contributed by atoms with Crippen molar-refractivity contribution in [2.24, 2.45) is 0 Å². The van der Waals surface area contributed by atoms with Gasteiger partial charge in [0, 0.05) is 43.3 Å². The molecule has 0 atom stereocenters. The third-order valence-electron chi connectivity index (χ3n) is 5.53. The average molecular weight is 435 g/mol. The Morgan fingerprint density at radius 1 is 1.23 bits per heavy atom. The van der Waals surface area contributed by atoms with E-state index in [1.165, 1.54) is 11.3 Å². The average Bonchev–Trinajstić information content (AvgIpc) is 3.40. The molecule has 8 nitrogen and oxygen atoms in total. The fourth-order valence-corrected chi connectivity index (χ4v) is 4.72. The van der Waals surface area contributed by atoms with Gasteiger partial charge >= 0.3 is 0 Å². The Balaban J connectivity index is 1.33. The minimum Gasteiger partial charge on any atom is -0.367 e. The van der Waals surface area contributed by atoms with Gasteiger partial charge < -0.3 is 15.5 Å². The van der Waals surface area contributed by atoms with Crippen molar-refractivity contribution in [3.8, 4) is 0 Å². The Bertz CT molecular complexity index is 1150. The number of aromatic nitrogens is 2. The molecule has 0 bridgehead atoms. The van der Waals surface area contributed by atoms with Crippen LogP contribution in [0.1, 0.15) is 32.0 Å². The molecule has 0 aliphatic carbocycles. The van der Waals surface area contributed by atoms with E-state index in [4.69, 9.17) is 0 Å². The van der Waals surface area contributed by atoms with Crippen LogP contribution in [0, 0.1) is 6.92 Å². The highest BCUT2D eigenvalue weighted by Gasteiger charge is 2.31. The van der Waals surface area contributed by atoms with Gasteiger partial charge in [0.15, 0.2) is 5.13 Å². The lowest BCUT2D eigenvalue weighted by molar-refractivity contribution is 0.0991. The van der Waals surface area contributed by atoms with Gasteiger partial charge in [0.1, 0.15) is 5.69 Å². The molecule has 3 aromatic rings. The summed E-state index contributed by atoms with van der Waals surface area (Å²) in [6.07, 6.45) is 3.39. The standard InChI is InChI=1S/C22H22N6O2S/c1-14-2-3-15-12-28(21(30)16(15)10-14)22-26-18(13-31-22)20(29)25-17-11-24-5-4-19(17)27-8-6-23-7-9-27/h2-5,10-11,13,23H,6-9,12H2,1H3,(H,25,29). The van der Waals surface area contributed by atoms with Crippen molar-refractivity contribution in [1.82, 2.24) is 15.3 Å². The van der Waals surface area contributed by atoms with Crippen LogP contribution in [-0.4, -0.2) is 48.0 Å². The van der Waals surface area contributed by atoms with Crippen LogP contribution >= 0.6 is 11.3 Å². The number of amides is 2. The number of fused-ring (bicyclic) bond motifs is 1. The van der Waals surface area contributed by atoms with Crippen LogP contribution in [-0.2, 0) is 6.54 Å². The zero-order valence-corrected chi connectivity index (χ0v) is 17.9. The summed E-state index contributed by atoms with van der Waals surface area (Å²) in [5.74, 6) is -0.389. The van der Waals surface area contributed by atoms with Crippen LogP contribution in [0.5, 0.6) is 0 Å². The molecule has 31 heavy (non-hydrogen) atoms. The number of carbonyl (C=O) groups is 2. The van der Waals surface area contributed by atoms with Gasteiger partial charge in [-0.2, -0.15) is 0 Å². The van der Waals surface area contributed by atoms with E-state index >= 15 is 0 Å². The molecule has 0 radical (unpaired) electrons. The largest absolute Gasteiger partial charge is 0.367 e. The molecule has 1 saturated heterocycles. The quantitative estimate of drug-likeness (QED) is 0.656. The molecule has 2 aliphatic rings. The third-order valence-corrected chi connectivity index (χ3v) is 6.39. The zero-order chi connectivity index (χ0) is 21.4. The summed E-state index contributed by atoms with van der Waals surface area (Å²) in [5, 5.41) is 8.48. The molecule has 1 aromatic carbocycles. The number of rotatable bonds is 4. The minimum atomic E-state index is -0.313. The number of nitrogens with zero attached hydrogens (tertiary/aromatic N) is 4. The highest BCUT2D eigenvalue weighted by molar-refractivity contribution is 7.14. The van der Waals surface area contributed by atoms with Gasteiger partial charge in [0.25, 0.3) is 11.8 Å². The monoisotopic (exact) mass is 434 g/mol. The first-order valence-electron chi connectivity index (χ1n) is 10.2. The van der Waals surface area contributed by atoms with Crippen molar-refractivity contribution in [2.45, 2.75) is 13.5 Å². The number of benzene rings is 1. The molecule has 0 spiro atoms. The summed E-state index contributed by atoms with van der Waals surface area (Å²) >= 11 is 1.30. The lowest BCUT2D eigenvalue weighted by atomic mass is 10.1. The van der Waals surface area contributed by atoms with Crippen LogP contribution in [0.25, 0.3) is 0 Å². The molecule has 1 fully saturated rings. The Morgan fingerprint density at radius 2 is 2.06 bits per heavy atom. The second-order valence-corrected chi connectivity index (χ2v) is 8.49. The summed E-state index contributed by atoms with van der Waals surface area (Å²) in [4.78, 5) is 38.2. The van der Waals surface area contributed by atoms with Gasteiger partial charge in [-0.3, -0.25) is 19.5 Å². The first-order valence-corrected chi connectivity index (χ1v) is 11.1. The van der Waals surface area contributed by atoms with Gasteiger partial charge in [-0.05, 0) is 24.6 Å². The molecule has 2 aliphatic heterocycles. The number of piperazine rings is 1. The zero-order valence-electron chi connectivity index (χ0n) is 17.1. The summed E-state index contributed by atoms with van der Waals surface area (Å²) in [6.45, 7) is 5.97. The van der Waals surface area contributed by atoms with Crippen LogP contribution in [0.4, 0.5) is 16.5 Å². The van der Waals surface area contributed by atoms with Gasteiger partial charge in [-0.25, -0.2) is 4.98 Å². The summed E-state index contributed by atoms with van der Waals surface area (Å²) in [6, 6.07) is 7.79. The van der Waals surface area contributed by atoms with E-state index in [1.54, 1.807) is 22.7 Å². The second-order valence-electron chi connectivity index (χ2n) is 7.65. The molecule has 0 saturated carbocycles.